The van der Waals surface area contributed by atoms with Gasteiger partial charge >= 0.3 is 0 Å². The van der Waals surface area contributed by atoms with Crippen molar-refractivity contribution in [2.45, 2.75) is 38.1 Å². The lowest BCUT2D eigenvalue weighted by Crippen LogP contribution is -2.46. The third-order valence-corrected chi connectivity index (χ3v) is 4.02. The fourth-order valence-corrected chi connectivity index (χ4v) is 2.74. The summed E-state index contributed by atoms with van der Waals surface area (Å²) in [6, 6.07) is 5.93. The molecule has 0 saturated carbocycles. The molecule has 1 aromatic rings. The van der Waals surface area contributed by atoms with Crippen molar-refractivity contribution in [1.29, 1.82) is 0 Å². The van der Waals surface area contributed by atoms with Crippen molar-refractivity contribution < 1.29 is 14.3 Å². The second-order valence-electron chi connectivity index (χ2n) is 5.59. The van der Waals surface area contributed by atoms with Crippen LogP contribution in [-0.2, 0) is 11.2 Å². The molecule has 0 aliphatic carbocycles. The Labute approximate surface area is 144 Å². The molecule has 1 fully saturated rings. The van der Waals surface area contributed by atoms with E-state index in [1.807, 2.05) is 18.2 Å². The van der Waals surface area contributed by atoms with Gasteiger partial charge in [-0.1, -0.05) is 12.5 Å². The Bertz CT molecular complexity index is 491. The molecule has 2 rings (SSSR count). The maximum atomic E-state index is 12.0. The second-order valence-corrected chi connectivity index (χ2v) is 5.59. The standard InChI is InChI=1S/C17H26N2O3.ClH/c1-21-15-9-8-13(12-16(15)22-2)6-5-11-19-17(20)14-7-3-4-10-18-14;/h8-9,12,14,18H,3-7,10-11H2,1-2H3,(H,19,20);1H. The molecule has 1 aromatic carbocycles. The highest BCUT2D eigenvalue weighted by atomic mass is 35.5. The van der Waals surface area contributed by atoms with Gasteiger partial charge in [-0.25, -0.2) is 0 Å². The van der Waals surface area contributed by atoms with Crippen molar-refractivity contribution in [2.24, 2.45) is 0 Å². The minimum atomic E-state index is -0.00479. The summed E-state index contributed by atoms with van der Waals surface area (Å²) in [5.41, 5.74) is 1.18. The second kappa shape index (κ2) is 10.3. The van der Waals surface area contributed by atoms with Crippen molar-refractivity contribution in [1.82, 2.24) is 10.6 Å². The molecule has 1 aliphatic rings. The van der Waals surface area contributed by atoms with Crippen LogP contribution in [0.25, 0.3) is 0 Å². The fraction of sp³-hybridized carbons (Fsp3) is 0.588. The fourth-order valence-electron chi connectivity index (χ4n) is 2.74. The molecule has 2 N–H and O–H groups in total. The van der Waals surface area contributed by atoms with Crippen LogP contribution in [0, 0.1) is 0 Å². The van der Waals surface area contributed by atoms with Gasteiger partial charge in [0, 0.05) is 6.54 Å². The number of rotatable bonds is 7. The number of ether oxygens (including phenoxy) is 2. The van der Waals surface area contributed by atoms with E-state index in [0.29, 0.717) is 6.54 Å². The zero-order chi connectivity index (χ0) is 15.8. The van der Waals surface area contributed by atoms with Gasteiger partial charge in [-0.2, -0.15) is 0 Å². The van der Waals surface area contributed by atoms with E-state index in [-0.39, 0.29) is 24.4 Å². The molecule has 0 bridgehead atoms. The molecule has 6 heteroatoms. The number of benzene rings is 1. The maximum absolute atomic E-state index is 12.0. The molecule has 1 aliphatic heterocycles. The lowest BCUT2D eigenvalue weighted by molar-refractivity contribution is -0.123. The Hall–Kier alpha value is -1.46. The van der Waals surface area contributed by atoms with E-state index < -0.39 is 0 Å². The van der Waals surface area contributed by atoms with Gasteiger partial charge in [0.1, 0.15) is 0 Å². The number of methoxy groups -OCH3 is 2. The first kappa shape index (κ1) is 19.6. The molecule has 1 atom stereocenters. The molecule has 0 aromatic heterocycles. The number of carbonyl (C=O) groups is 1. The number of nitrogens with one attached hydrogen (secondary N) is 2. The monoisotopic (exact) mass is 342 g/mol. The maximum Gasteiger partial charge on any atom is 0.237 e. The highest BCUT2D eigenvalue weighted by Crippen LogP contribution is 2.27. The molecular formula is C17H27ClN2O3. The Morgan fingerprint density at radius 1 is 1.26 bits per heavy atom. The van der Waals surface area contributed by atoms with Crippen LogP contribution < -0.4 is 20.1 Å². The molecule has 1 heterocycles. The van der Waals surface area contributed by atoms with E-state index in [9.17, 15) is 4.79 Å². The van der Waals surface area contributed by atoms with Crippen molar-refractivity contribution in [3.8, 4) is 11.5 Å². The number of piperidine rings is 1. The zero-order valence-electron chi connectivity index (χ0n) is 13.9. The highest BCUT2D eigenvalue weighted by molar-refractivity contribution is 5.85. The third kappa shape index (κ3) is 5.92. The van der Waals surface area contributed by atoms with Gasteiger partial charge < -0.3 is 20.1 Å². The van der Waals surface area contributed by atoms with Gasteiger partial charge in [-0.3, -0.25) is 4.79 Å². The summed E-state index contributed by atoms with van der Waals surface area (Å²) in [7, 11) is 3.27. The van der Waals surface area contributed by atoms with E-state index in [0.717, 1.165) is 43.7 Å². The van der Waals surface area contributed by atoms with Crippen LogP contribution in [-0.4, -0.2) is 39.3 Å². The first-order valence-corrected chi connectivity index (χ1v) is 7.96. The van der Waals surface area contributed by atoms with Gasteiger partial charge in [0.25, 0.3) is 0 Å². The summed E-state index contributed by atoms with van der Waals surface area (Å²) in [5.74, 6) is 1.62. The summed E-state index contributed by atoms with van der Waals surface area (Å²) in [5, 5.41) is 6.28. The number of hydrogen-bond acceptors (Lipinski definition) is 4. The van der Waals surface area contributed by atoms with Crippen LogP contribution in [0.2, 0.25) is 0 Å². The van der Waals surface area contributed by atoms with Gasteiger partial charge in [-0.15, -0.1) is 12.4 Å². The lowest BCUT2D eigenvalue weighted by Gasteiger charge is -2.22. The Morgan fingerprint density at radius 3 is 2.70 bits per heavy atom. The molecule has 1 amide bonds. The van der Waals surface area contributed by atoms with Crippen LogP contribution in [0.4, 0.5) is 0 Å². The minimum absolute atomic E-state index is 0. The molecule has 5 nitrogen and oxygen atoms in total. The summed E-state index contributed by atoms with van der Waals surface area (Å²) in [4.78, 5) is 12.0. The predicted octanol–water partition coefficient (Wildman–Crippen LogP) is 2.32. The van der Waals surface area contributed by atoms with E-state index in [4.69, 9.17) is 9.47 Å². The largest absolute Gasteiger partial charge is 0.493 e. The van der Waals surface area contributed by atoms with Crippen molar-refractivity contribution in [3.63, 3.8) is 0 Å². The van der Waals surface area contributed by atoms with Crippen LogP contribution in [0.15, 0.2) is 18.2 Å². The summed E-state index contributed by atoms with van der Waals surface area (Å²) in [6.45, 7) is 1.65. The normalized spacial score (nSPS) is 17.0. The summed E-state index contributed by atoms with van der Waals surface area (Å²) in [6.07, 6.45) is 5.06. The molecular weight excluding hydrogens is 316 g/mol. The number of aryl methyl sites for hydroxylation is 1. The van der Waals surface area contributed by atoms with E-state index >= 15 is 0 Å². The van der Waals surface area contributed by atoms with Crippen molar-refractivity contribution >= 4 is 18.3 Å². The Balaban J connectivity index is 0.00000264. The number of carbonyl (C=O) groups excluding carboxylic acids is 1. The molecule has 1 saturated heterocycles. The first-order chi connectivity index (χ1) is 10.7. The average Bonchev–Trinajstić information content (AvgIpc) is 2.59. The Morgan fingerprint density at radius 2 is 2.04 bits per heavy atom. The van der Waals surface area contributed by atoms with Crippen LogP contribution in [0.1, 0.15) is 31.2 Å². The zero-order valence-corrected chi connectivity index (χ0v) is 14.7. The topological polar surface area (TPSA) is 59.6 Å². The predicted molar refractivity (Wildman–Crippen MR) is 93.8 cm³/mol. The van der Waals surface area contributed by atoms with Gasteiger partial charge in [-0.05, 0) is 49.9 Å². The molecule has 23 heavy (non-hydrogen) atoms. The number of hydrogen-bond donors (Lipinski definition) is 2. The van der Waals surface area contributed by atoms with Crippen LogP contribution >= 0.6 is 12.4 Å². The summed E-state index contributed by atoms with van der Waals surface area (Å²) >= 11 is 0. The summed E-state index contributed by atoms with van der Waals surface area (Å²) < 4.78 is 10.5. The average molecular weight is 343 g/mol. The van der Waals surface area contributed by atoms with Gasteiger partial charge in [0.2, 0.25) is 5.91 Å². The quantitative estimate of drug-likeness (QED) is 0.747. The van der Waals surface area contributed by atoms with Crippen LogP contribution in [0.5, 0.6) is 11.5 Å². The highest BCUT2D eigenvalue weighted by Gasteiger charge is 2.19. The van der Waals surface area contributed by atoms with E-state index in [1.165, 1.54) is 12.0 Å². The minimum Gasteiger partial charge on any atom is -0.493 e. The van der Waals surface area contributed by atoms with E-state index in [2.05, 4.69) is 10.6 Å². The Kier molecular flexibility index (Phi) is 8.81. The first-order valence-electron chi connectivity index (χ1n) is 7.96. The number of amides is 1. The van der Waals surface area contributed by atoms with Gasteiger partial charge in [0.05, 0.1) is 20.3 Å². The molecule has 0 radical (unpaired) electrons. The molecule has 1 unspecified atom stereocenters. The van der Waals surface area contributed by atoms with Crippen LogP contribution in [0.3, 0.4) is 0 Å². The van der Waals surface area contributed by atoms with Gasteiger partial charge in [0.15, 0.2) is 11.5 Å². The SMILES string of the molecule is COc1ccc(CCCNC(=O)C2CCCCN2)cc1OC.Cl. The lowest BCUT2D eigenvalue weighted by atomic mass is 10.0. The number of halogens is 1. The third-order valence-electron chi connectivity index (χ3n) is 4.02. The van der Waals surface area contributed by atoms with Crippen molar-refractivity contribution in [3.05, 3.63) is 23.8 Å². The smallest absolute Gasteiger partial charge is 0.237 e. The molecule has 0 spiro atoms. The van der Waals surface area contributed by atoms with E-state index in [1.54, 1.807) is 14.2 Å². The molecule has 130 valence electrons. The van der Waals surface area contributed by atoms with Crippen molar-refractivity contribution in [2.75, 3.05) is 27.3 Å².